The van der Waals surface area contributed by atoms with Crippen molar-refractivity contribution in [2.75, 3.05) is 31.1 Å². The zero-order valence-corrected chi connectivity index (χ0v) is 12.9. The van der Waals surface area contributed by atoms with E-state index < -0.39 is 0 Å². The van der Waals surface area contributed by atoms with Gasteiger partial charge in [0.15, 0.2) is 0 Å². The first kappa shape index (κ1) is 14.1. The second-order valence-electron chi connectivity index (χ2n) is 5.88. The SMILES string of the molecule is Cc1ccc(-c2nc(N3CCN(C(C)C)CC3)no2)cc1. The van der Waals surface area contributed by atoms with Crippen LogP contribution in [0.2, 0.25) is 0 Å². The van der Waals surface area contributed by atoms with E-state index in [1.165, 1.54) is 5.56 Å². The van der Waals surface area contributed by atoms with Crippen LogP contribution in [0.5, 0.6) is 0 Å². The number of hydrogen-bond donors (Lipinski definition) is 0. The third kappa shape index (κ3) is 3.08. The Bertz CT molecular complexity index is 583. The maximum absolute atomic E-state index is 5.40. The van der Waals surface area contributed by atoms with Crippen molar-refractivity contribution in [1.29, 1.82) is 0 Å². The van der Waals surface area contributed by atoms with Gasteiger partial charge in [-0.3, -0.25) is 4.90 Å². The lowest BCUT2D eigenvalue weighted by atomic mass is 10.1. The smallest absolute Gasteiger partial charge is 0.266 e. The molecule has 21 heavy (non-hydrogen) atoms. The van der Waals surface area contributed by atoms with Crippen molar-refractivity contribution in [2.24, 2.45) is 0 Å². The van der Waals surface area contributed by atoms with E-state index in [1.807, 2.05) is 12.1 Å². The molecule has 1 aromatic heterocycles. The predicted octanol–water partition coefficient (Wildman–Crippen LogP) is 2.58. The topological polar surface area (TPSA) is 45.4 Å². The Morgan fingerprint density at radius 1 is 1.05 bits per heavy atom. The van der Waals surface area contributed by atoms with Crippen molar-refractivity contribution in [1.82, 2.24) is 15.0 Å². The van der Waals surface area contributed by atoms with Crippen LogP contribution in [0.25, 0.3) is 11.5 Å². The molecule has 5 nitrogen and oxygen atoms in total. The molecule has 0 saturated carbocycles. The van der Waals surface area contributed by atoms with Gasteiger partial charge in [-0.2, -0.15) is 4.98 Å². The number of anilines is 1. The van der Waals surface area contributed by atoms with Gasteiger partial charge in [-0.05, 0) is 38.1 Å². The highest BCUT2D eigenvalue weighted by Gasteiger charge is 2.22. The van der Waals surface area contributed by atoms with Gasteiger partial charge in [0.1, 0.15) is 0 Å². The van der Waals surface area contributed by atoms with E-state index in [1.54, 1.807) is 0 Å². The van der Waals surface area contributed by atoms with E-state index in [0.717, 1.165) is 31.7 Å². The highest BCUT2D eigenvalue weighted by Crippen LogP contribution is 2.21. The Labute approximate surface area is 125 Å². The number of benzene rings is 1. The highest BCUT2D eigenvalue weighted by atomic mass is 16.5. The van der Waals surface area contributed by atoms with E-state index in [4.69, 9.17) is 4.52 Å². The Morgan fingerprint density at radius 2 is 1.71 bits per heavy atom. The molecule has 1 aliphatic heterocycles. The Morgan fingerprint density at radius 3 is 2.33 bits per heavy atom. The molecule has 0 bridgehead atoms. The van der Waals surface area contributed by atoms with Crippen LogP contribution in [0.1, 0.15) is 19.4 Å². The van der Waals surface area contributed by atoms with E-state index in [-0.39, 0.29) is 0 Å². The van der Waals surface area contributed by atoms with Crippen molar-refractivity contribution in [2.45, 2.75) is 26.8 Å². The molecule has 0 spiro atoms. The first-order chi connectivity index (χ1) is 10.1. The summed E-state index contributed by atoms with van der Waals surface area (Å²) in [6, 6.07) is 8.74. The summed E-state index contributed by atoms with van der Waals surface area (Å²) in [5, 5.41) is 4.13. The quantitative estimate of drug-likeness (QED) is 0.868. The van der Waals surface area contributed by atoms with Gasteiger partial charge < -0.3 is 9.42 Å². The third-order valence-electron chi connectivity index (χ3n) is 4.04. The number of nitrogens with zero attached hydrogens (tertiary/aromatic N) is 4. The Hall–Kier alpha value is -1.88. The van der Waals surface area contributed by atoms with Gasteiger partial charge >= 0.3 is 0 Å². The summed E-state index contributed by atoms with van der Waals surface area (Å²) in [5.74, 6) is 1.30. The Kier molecular flexibility index (Phi) is 3.92. The number of piperazine rings is 1. The maximum Gasteiger partial charge on any atom is 0.266 e. The van der Waals surface area contributed by atoms with Crippen LogP contribution >= 0.6 is 0 Å². The van der Waals surface area contributed by atoms with Gasteiger partial charge in [0, 0.05) is 37.8 Å². The molecule has 0 aliphatic carbocycles. The first-order valence-electron chi connectivity index (χ1n) is 7.53. The molecule has 1 aromatic carbocycles. The minimum Gasteiger partial charge on any atom is -0.336 e. The molecule has 0 radical (unpaired) electrons. The fourth-order valence-corrected chi connectivity index (χ4v) is 2.60. The number of hydrogen-bond acceptors (Lipinski definition) is 5. The molecular weight excluding hydrogens is 264 g/mol. The number of aryl methyl sites for hydroxylation is 1. The lowest BCUT2D eigenvalue weighted by molar-refractivity contribution is 0.208. The van der Waals surface area contributed by atoms with Crippen LogP contribution in [0, 0.1) is 6.92 Å². The molecule has 2 aromatic rings. The second kappa shape index (κ2) is 5.85. The molecule has 112 valence electrons. The first-order valence-corrected chi connectivity index (χ1v) is 7.53. The second-order valence-corrected chi connectivity index (χ2v) is 5.88. The Balaban J connectivity index is 1.70. The van der Waals surface area contributed by atoms with Crippen molar-refractivity contribution in [3.8, 4) is 11.5 Å². The molecule has 5 heteroatoms. The van der Waals surface area contributed by atoms with E-state index >= 15 is 0 Å². The molecule has 1 fully saturated rings. The zero-order chi connectivity index (χ0) is 14.8. The maximum atomic E-state index is 5.40. The van der Waals surface area contributed by atoms with Crippen molar-refractivity contribution >= 4 is 5.95 Å². The molecule has 3 rings (SSSR count). The normalized spacial score (nSPS) is 16.7. The van der Waals surface area contributed by atoms with E-state index in [0.29, 0.717) is 17.9 Å². The van der Waals surface area contributed by atoms with Crippen molar-refractivity contribution in [3.05, 3.63) is 29.8 Å². The number of aromatic nitrogens is 2. The lowest BCUT2D eigenvalue weighted by Gasteiger charge is -2.36. The average Bonchev–Trinajstić information content (AvgIpc) is 2.98. The molecule has 0 N–H and O–H groups in total. The van der Waals surface area contributed by atoms with Gasteiger partial charge in [-0.1, -0.05) is 17.7 Å². The fourth-order valence-electron chi connectivity index (χ4n) is 2.60. The summed E-state index contributed by atoms with van der Waals surface area (Å²) in [6.45, 7) is 10.5. The molecule has 2 heterocycles. The summed E-state index contributed by atoms with van der Waals surface area (Å²) in [5.41, 5.74) is 2.20. The van der Waals surface area contributed by atoms with E-state index in [2.05, 4.69) is 52.8 Å². The molecule has 0 unspecified atom stereocenters. The fraction of sp³-hybridized carbons (Fsp3) is 0.500. The summed E-state index contributed by atoms with van der Waals surface area (Å²) >= 11 is 0. The zero-order valence-electron chi connectivity index (χ0n) is 12.9. The number of rotatable bonds is 3. The minimum atomic E-state index is 0.594. The largest absolute Gasteiger partial charge is 0.336 e. The summed E-state index contributed by atoms with van der Waals surface area (Å²) in [4.78, 5) is 9.20. The highest BCUT2D eigenvalue weighted by molar-refractivity contribution is 5.54. The molecule has 0 atom stereocenters. The molecular formula is C16H22N4O. The van der Waals surface area contributed by atoms with Gasteiger partial charge in [-0.15, -0.1) is 0 Å². The van der Waals surface area contributed by atoms with Crippen LogP contribution in [-0.2, 0) is 0 Å². The minimum absolute atomic E-state index is 0.594. The summed E-state index contributed by atoms with van der Waals surface area (Å²) in [6.07, 6.45) is 0. The van der Waals surface area contributed by atoms with Gasteiger partial charge in [0.05, 0.1) is 0 Å². The van der Waals surface area contributed by atoms with Crippen LogP contribution < -0.4 is 4.90 Å². The molecule has 1 aliphatic rings. The van der Waals surface area contributed by atoms with Crippen LogP contribution in [-0.4, -0.2) is 47.3 Å². The summed E-state index contributed by atoms with van der Waals surface area (Å²) < 4.78 is 5.40. The van der Waals surface area contributed by atoms with Crippen LogP contribution in [0.15, 0.2) is 28.8 Å². The monoisotopic (exact) mass is 286 g/mol. The lowest BCUT2D eigenvalue weighted by Crippen LogP contribution is -2.49. The van der Waals surface area contributed by atoms with Crippen molar-refractivity contribution < 1.29 is 4.52 Å². The van der Waals surface area contributed by atoms with Gasteiger partial charge in [0.2, 0.25) is 0 Å². The standard InChI is InChI=1S/C16H22N4O/c1-12(2)19-8-10-20(11-9-19)16-17-15(21-18-16)14-6-4-13(3)5-7-14/h4-7,12H,8-11H2,1-3H3. The van der Waals surface area contributed by atoms with Crippen molar-refractivity contribution in [3.63, 3.8) is 0 Å². The molecule has 1 saturated heterocycles. The van der Waals surface area contributed by atoms with Crippen LogP contribution in [0.3, 0.4) is 0 Å². The average molecular weight is 286 g/mol. The van der Waals surface area contributed by atoms with E-state index in [9.17, 15) is 0 Å². The van der Waals surface area contributed by atoms with Gasteiger partial charge in [0.25, 0.3) is 11.8 Å². The third-order valence-corrected chi connectivity index (χ3v) is 4.04. The summed E-state index contributed by atoms with van der Waals surface area (Å²) in [7, 11) is 0. The predicted molar refractivity (Wildman–Crippen MR) is 83.4 cm³/mol. The molecule has 0 amide bonds. The van der Waals surface area contributed by atoms with Gasteiger partial charge in [-0.25, -0.2) is 0 Å². The van der Waals surface area contributed by atoms with Crippen LogP contribution in [0.4, 0.5) is 5.95 Å².